The summed E-state index contributed by atoms with van der Waals surface area (Å²) in [6.07, 6.45) is 1.18. The molecule has 0 atom stereocenters. The lowest BCUT2D eigenvalue weighted by molar-refractivity contribution is -0.148. The van der Waals surface area contributed by atoms with Crippen LogP contribution in [-0.4, -0.2) is 42.1 Å². The molecule has 1 aromatic carbocycles. The van der Waals surface area contributed by atoms with E-state index in [1.807, 2.05) is 36.1 Å². The molecule has 0 saturated heterocycles. The third-order valence-electron chi connectivity index (χ3n) is 3.23. The number of aromatic nitrogens is 2. The van der Waals surface area contributed by atoms with Crippen LogP contribution >= 0.6 is 0 Å². The Kier molecular flexibility index (Phi) is 5.72. The molecule has 1 amide bonds. The molecule has 9 nitrogen and oxygen atoms in total. The second kappa shape index (κ2) is 7.95. The van der Waals surface area contributed by atoms with Crippen molar-refractivity contribution in [3.05, 3.63) is 57.4 Å². The van der Waals surface area contributed by atoms with E-state index in [1.54, 1.807) is 12.1 Å². The fraction of sp³-hybridized carbons (Fsp3) is 0.250. The molecule has 0 bridgehead atoms. The first-order valence-corrected chi connectivity index (χ1v) is 7.38. The van der Waals surface area contributed by atoms with Crippen molar-refractivity contribution in [2.45, 2.75) is 6.54 Å². The molecule has 1 aromatic heterocycles. The molecule has 2 aromatic rings. The summed E-state index contributed by atoms with van der Waals surface area (Å²) in [5, 5.41) is 2.60. The molecule has 1 heterocycles. The minimum absolute atomic E-state index is 0.402. The second-order valence-electron chi connectivity index (χ2n) is 5.39. The lowest BCUT2D eigenvalue weighted by atomic mass is 10.2. The molecule has 132 valence electrons. The van der Waals surface area contributed by atoms with Crippen LogP contribution in [0.4, 0.5) is 11.4 Å². The molecule has 0 spiro atoms. The maximum atomic E-state index is 11.8. The third-order valence-corrected chi connectivity index (χ3v) is 3.23. The number of hydrogen-bond acceptors (Lipinski definition) is 6. The molecular weight excluding hydrogens is 328 g/mol. The van der Waals surface area contributed by atoms with Gasteiger partial charge in [0.15, 0.2) is 6.61 Å². The van der Waals surface area contributed by atoms with Gasteiger partial charge in [-0.05, 0) is 24.3 Å². The van der Waals surface area contributed by atoms with Crippen molar-refractivity contribution in [2.75, 3.05) is 30.9 Å². The van der Waals surface area contributed by atoms with Crippen molar-refractivity contribution >= 4 is 23.3 Å². The first-order valence-electron chi connectivity index (χ1n) is 7.38. The van der Waals surface area contributed by atoms with Gasteiger partial charge in [0.2, 0.25) is 0 Å². The van der Waals surface area contributed by atoms with Gasteiger partial charge >= 0.3 is 11.7 Å². The summed E-state index contributed by atoms with van der Waals surface area (Å²) in [5.74, 6) is -1.27. The SMILES string of the molecule is CN(C)c1ccc(NC(=O)COC(=O)Cn2ccc(=O)[nH]c2=O)cc1. The van der Waals surface area contributed by atoms with E-state index in [4.69, 9.17) is 4.74 Å². The average Bonchev–Trinajstić information content (AvgIpc) is 2.56. The fourth-order valence-corrected chi connectivity index (χ4v) is 1.94. The molecule has 2 N–H and O–H groups in total. The number of nitrogens with zero attached hydrogens (tertiary/aromatic N) is 2. The number of carbonyl (C=O) groups is 2. The van der Waals surface area contributed by atoms with E-state index >= 15 is 0 Å². The highest BCUT2D eigenvalue weighted by Crippen LogP contribution is 2.15. The van der Waals surface area contributed by atoms with Crippen molar-refractivity contribution in [3.8, 4) is 0 Å². The zero-order chi connectivity index (χ0) is 18.4. The van der Waals surface area contributed by atoms with Gasteiger partial charge in [0.05, 0.1) is 0 Å². The number of esters is 1. The highest BCUT2D eigenvalue weighted by atomic mass is 16.5. The quantitative estimate of drug-likeness (QED) is 0.700. The van der Waals surface area contributed by atoms with Gasteiger partial charge in [0, 0.05) is 37.7 Å². The predicted molar refractivity (Wildman–Crippen MR) is 91.7 cm³/mol. The van der Waals surface area contributed by atoms with Gasteiger partial charge in [0.25, 0.3) is 11.5 Å². The van der Waals surface area contributed by atoms with Crippen molar-refractivity contribution in [1.29, 1.82) is 0 Å². The normalized spacial score (nSPS) is 10.2. The minimum Gasteiger partial charge on any atom is -0.454 e. The Balaban J connectivity index is 1.83. The highest BCUT2D eigenvalue weighted by molar-refractivity contribution is 5.92. The van der Waals surface area contributed by atoms with Crippen LogP contribution in [-0.2, 0) is 20.9 Å². The van der Waals surface area contributed by atoms with Crippen LogP contribution in [0, 0.1) is 0 Å². The monoisotopic (exact) mass is 346 g/mol. The van der Waals surface area contributed by atoms with E-state index in [0.717, 1.165) is 16.3 Å². The number of ether oxygens (including phenoxy) is 1. The van der Waals surface area contributed by atoms with Crippen LogP contribution in [0.1, 0.15) is 0 Å². The van der Waals surface area contributed by atoms with E-state index in [0.29, 0.717) is 5.69 Å². The van der Waals surface area contributed by atoms with Gasteiger partial charge in [-0.3, -0.25) is 23.9 Å². The van der Waals surface area contributed by atoms with Gasteiger partial charge in [-0.1, -0.05) is 0 Å². The summed E-state index contributed by atoms with van der Waals surface area (Å²) in [4.78, 5) is 49.8. The molecular formula is C16H18N4O5. The Labute approximate surface area is 142 Å². The molecule has 2 rings (SSSR count). The molecule has 0 fully saturated rings. The Bertz CT molecular complexity index is 867. The number of anilines is 2. The van der Waals surface area contributed by atoms with E-state index in [2.05, 4.69) is 5.32 Å². The number of H-pyrrole nitrogens is 1. The predicted octanol–water partition coefficient (Wildman–Crippen LogP) is -0.215. The van der Waals surface area contributed by atoms with Crippen molar-refractivity contribution in [2.24, 2.45) is 0 Å². The summed E-state index contributed by atoms with van der Waals surface area (Å²) in [5.41, 5.74) is 0.267. The van der Waals surface area contributed by atoms with Crippen LogP contribution < -0.4 is 21.5 Å². The first-order chi connectivity index (χ1) is 11.8. The van der Waals surface area contributed by atoms with Gasteiger partial charge in [-0.2, -0.15) is 0 Å². The lowest BCUT2D eigenvalue weighted by Crippen LogP contribution is -2.32. The summed E-state index contributed by atoms with van der Waals surface area (Å²) in [6.45, 7) is -0.882. The summed E-state index contributed by atoms with van der Waals surface area (Å²) in [6, 6.07) is 8.25. The minimum atomic E-state index is -0.771. The maximum Gasteiger partial charge on any atom is 0.328 e. The summed E-state index contributed by atoms with van der Waals surface area (Å²) in [7, 11) is 3.81. The zero-order valence-electron chi connectivity index (χ0n) is 13.8. The third kappa shape index (κ3) is 5.34. The zero-order valence-corrected chi connectivity index (χ0v) is 13.8. The van der Waals surface area contributed by atoms with Gasteiger partial charge in [0.1, 0.15) is 6.54 Å². The van der Waals surface area contributed by atoms with Gasteiger partial charge in [-0.15, -0.1) is 0 Å². The topological polar surface area (TPSA) is 114 Å². The number of nitrogens with one attached hydrogen (secondary N) is 2. The van der Waals surface area contributed by atoms with Crippen LogP contribution in [0.25, 0.3) is 0 Å². The van der Waals surface area contributed by atoms with E-state index in [-0.39, 0.29) is 0 Å². The Morgan fingerprint density at radius 2 is 1.84 bits per heavy atom. The average molecular weight is 346 g/mol. The number of benzene rings is 1. The van der Waals surface area contributed by atoms with Crippen molar-refractivity contribution < 1.29 is 14.3 Å². The lowest BCUT2D eigenvalue weighted by Gasteiger charge is -2.13. The highest BCUT2D eigenvalue weighted by Gasteiger charge is 2.10. The number of hydrogen-bond donors (Lipinski definition) is 2. The first kappa shape index (κ1) is 18.0. The van der Waals surface area contributed by atoms with E-state index in [1.165, 1.54) is 6.20 Å². The van der Waals surface area contributed by atoms with E-state index < -0.39 is 36.3 Å². The van der Waals surface area contributed by atoms with Crippen LogP contribution in [0.5, 0.6) is 0 Å². The molecule has 0 aliphatic heterocycles. The molecule has 0 saturated carbocycles. The standard InChI is InChI=1S/C16H18N4O5/c1-19(2)12-5-3-11(4-6-12)17-14(22)10-25-15(23)9-20-8-7-13(21)18-16(20)24/h3-8H,9-10H2,1-2H3,(H,17,22)(H,18,21,24). The molecule has 25 heavy (non-hydrogen) atoms. The summed E-state index contributed by atoms with van der Waals surface area (Å²) < 4.78 is 5.79. The number of amides is 1. The molecule has 9 heteroatoms. The fourth-order valence-electron chi connectivity index (χ4n) is 1.94. The van der Waals surface area contributed by atoms with Crippen LogP contribution in [0.15, 0.2) is 46.1 Å². The van der Waals surface area contributed by atoms with E-state index in [9.17, 15) is 19.2 Å². The molecule has 0 aliphatic rings. The van der Waals surface area contributed by atoms with Gasteiger partial charge in [-0.25, -0.2) is 4.79 Å². The van der Waals surface area contributed by atoms with Crippen molar-refractivity contribution in [3.63, 3.8) is 0 Å². The second-order valence-corrected chi connectivity index (χ2v) is 5.39. The van der Waals surface area contributed by atoms with Crippen LogP contribution in [0.2, 0.25) is 0 Å². The molecule has 0 radical (unpaired) electrons. The molecule has 0 aliphatic carbocycles. The number of carbonyl (C=O) groups excluding carboxylic acids is 2. The number of aromatic amines is 1. The summed E-state index contributed by atoms with van der Waals surface area (Å²) >= 11 is 0. The maximum absolute atomic E-state index is 11.8. The Morgan fingerprint density at radius 1 is 1.16 bits per heavy atom. The van der Waals surface area contributed by atoms with Crippen LogP contribution in [0.3, 0.4) is 0 Å². The van der Waals surface area contributed by atoms with Crippen molar-refractivity contribution in [1.82, 2.24) is 9.55 Å². The van der Waals surface area contributed by atoms with Gasteiger partial charge < -0.3 is 15.0 Å². The largest absolute Gasteiger partial charge is 0.454 e. The Morgan fingerprint density at radius 3 is 2.44 bits per heavy atom. The smallest absolute Gasteiger partial charge is 0.328 e. The Hall–Kier alpha value is -3.36. The molecule has 0 unspecified atom stereocenters. The number of rotatable bonds is 6.